The highest BCUT2D eigenvalue weighted by molar-refractivity contribution is 7.89. The van der Waals surface area contributed by atoms with Crippen LogP contribution in [0.5, 0.6) is 0 Å². The molecule has 1 aromatic heterocycles. The second-order valence-electron chi connectivity index (χ2n) is 5.34. The molecule has 118 valence electrons. The third-order valence-corrected chi connectivity index (χ3v) is 5.81. The molecule has 0 aliphatic carbocycles. The summed E-state index contributed by atoms with van der Waals surface area (Å²) in [4.78, 5) is 4.63. The molecule has 1 aromatic carbocycles. The summed E-state index contributed by atoms with van der Waals surface area (Å²) in [6.45, 7) is 2.42. The molecule has 6 nitrogen and oxygen atoms in total. The fourth-order valence-corrected chi connectivity index (χ4v) is 4.39. The molecule has 1 atom stereocenters. The van der Waals surface area contributed by atoms with Crippen molar-refractivity contribution in [2.24, 2.45) is 0 Å². The van der Waals surface area contributed by atoms with Gasteiger partial charge in [-0.15, -0.1) is 0 Å². The van der Waals surface area contributed by atoms with Gasteiger partial charge in [-0.3, -0.25) is 0 Å². The van der Waals surface area contributed by atoms with Crippen LogP contribution in [-0.4, -0.2) is 29.4 Å². The molecule has 0 N–H and O–H groups in total. The Hall–Kier alpha value is -1.73. The molecule has 2 aromatic rings. The van der Waals surface area contributed by atoms with E-state index in [-0.39, 0.29) is 6.04 Å². The van der Waals surface area contributed by atoms with Gasteiger partial charge >= 0.3 is 0 Å². The minimum absolute atomic E-state index is 0.303. The Morgan fingerprint density at radius 3 is 2.73 bits per heavy atom. The normalized spacial score (nSPS) is 20.1. The van der Waals surface area contributed by atoms with Crippen molar-refractivity contribution in [2.45, 2.75) is 43.5 Å². The Bertz CT molecular complexity index is 728. The van der Waals surface area contributed by atoms with E-state index in [1.54, 1.807) is 30.3 Å². The SMILES string of the molecule is CCc1noc([C@H]2CCCCN2S(=O)(=O)c2ccccc2)n1. The molecule has 0 spiro atoms. The number of piperidine rings is 1. The van der Waals surface area contributed by atoms with Gasteiger partial charge in [0.05, 0.1) is 4.90 Å². The van der Waals surface area contributed by atoms with Gasteiger partial charge in [0.15, 0.2) is 5.82 Å². The first-order valence-corrected chi connectivity index (χ1v) is 8.96. The zero-order valence-electron chi connectivity index (χ0n) is 12.5. The van der Waals surface area contributed by atoms with E-state index in [0.29, 0.717) is 36.0 Å². The summed E-state index contributed by atoms with van der Waals surface area (Å²) in [5, 5.41) is 3.89. The maximum absolute atomic E-state index is 12.9. The maximum atomic E-state index is 12.9. The van der Waals surface area contributed by atoms with Crippen molar-refractivity contribution in [3.05, 3.63) is 42.0 Å². The minimum Gasteiger partial charge on any atom is -0.338 e. The molecule has 0 radical (unpaired) electrons. The van der Waals surface area contributed by atoms with E-state index >= 15 is 0 Å². The fourth-order valence-electron chi connectivity index (χ4n) is 2.71. The van der Waals surface area contributed by atoms with Crippen LogP contribution in [0.1, 0.15) is 43.9 Å². The topological polar surface area (TPSA) is 76.3 Å². The largest absolute Gasteiger partial charge is 0.338 e. The van der Waals surface area contributed by atoms with Crippen LogP contribution in [0, 0.1) is 0 Å². The summed E-state index contributed by atoms with van der Waals surface area (Å²) >= 11 is 0. The Morgan fingerprint density at radius 2 is 2.05 bits per heavy atom. The van der Waals surface area contributed by atoms with Gasteiger partial charge in [-0.25, -0.2) is 8.42 Å². The number of benzene rings is 1. The maximum Gasteiger partial charge on any atom is 0.245 e. The number of sulfonamides is 1. The second kappa shape index (κ2) is 6.18. The smallest absolute Gasteiger partial charge is 0.245 e. The average molecular weight is 321 g/mol. The van der Waals surface area contributed by atoms with Crippen LogP contribution >= 0.6 is 0 Å². The Balaban J connectivity index is 1.96. The van der Waals surface area contributed by atoms with Crippen LogP contribution in [0.4, 0.5) is 0 Å². The van der Waals surface area contributed by atoms with Gasteiger partial charge in [0.25, 0.3) is 0 Å². The molecule has 22 heavy (non-hydrogen) atoms. The Labute approximate surface area is 130 Å². The molecule has 0 bridgehead atoms. The molecule has 2 heterocycles. The molecule has 7 heteroatoms. The number of hydrogen-bond donors (Lipinski definition) is 0. The average Bonchev–Trinajstić information content (AvgIpc) is 3.05. The summed E-state index contributed by atoms with van der Waals surface area (Å²) in [6.07, 6.45) is 3.17. The quantitative estimate of drug-likeness (QED) is 0.865. The highest BCUT2D eigenvalue weighted by atomic mass is 32.2. The minimum atomic E-state index is -3.55. The number of aryl methyl sites for hydroxylation is 1. The first-order chi connectivity index (χ1) is 10.6. The van der Waals surface area contributed by atoms with E-state index in [4.69, 9.17) is 4.52 Å². The van der Waals surface area contributed by atoms with E-state index in [9.17, 15) is 8.42 Å². The van der Waals surface area contributed by atoms with E-state index in [0.717, 1.165) is 12.8 Å². The van der Waals surface area contributed by atoms with Crippen molar-refractivity contribution < 1.29 is 12.9 Å². The molecule has 0 unspecified atom stereocenters. The van der Waals surface area contributed by atoms with Crippen LogP contribution < -0.4 is 0 Å². The number of hydrogen-bond acceptors (Lipinski definition) is 5. The van der Waals surface area contributed by atoms with Crippen LogP contribution in [-0.2, 0) is 16.4 Å². The predicted molar refractivity (Wildman–Crippen MR) is 80.6 cm³/mol. The first-order valence-electron chi connectivity index (χ1n) is 7.52. The summed E-state index contributed by atoms with van der Waals surface area (Å²) in [6, 6.07) is 8.13. The number of rotatable bonds is 4. The van der Waals surface area contributed by atoms with Crippen molar-refractivity contribution in [1.82, 2.24) is 14.4 Å². The van der Waals surface area contributed by atoms with Crippen LogP contribution in [0.15, 0.2) is 39.8 Å². The summed E-state index contributed by atoms with van der Waals surface area (Å²) < 4.78 is 32.6. The highest BCUT2D eigenvalue weighted by Gasteiger charge is 2.37. The lowest BCUT2D eigenvalue weighted by Crippen LogP contribution is -2.38. The first kappa shape index (κ1) is 15.2. The van der Waals surface area contributed by atoms with Gasteiger partial charge in [-0.05, 0) is 25.0 Å². The second-order valence-corrected chi connectivity index (χ2v) is 7.23. The third-order valence-electron chi connectivity index (χ3n) is 3.89. The summed E-state index contributed by atoms with van der Waals surface area (Å²) in [5.74, 6) is 1.01. The van der Waals surface area contributed by atoms with Crippen LogP contribution in [0.25, 0.3) is 0 Å². The Kier molecular flexibility index (Phi) is 4.26. The Morgan fingerprint density at radius 1 is 1.27 bits per heavy atom. The lowest BCUT2D eigenvalue weighted by molar-refractivity contribution is 0.204. The monoisotopic (exact) mass is 321 g/mol. The van der Waals surface area contributed by atoms with E-state index in [1.807, 2.05) is 6.92 Å². The van der Waals surface area contributed by atoms with E-state index < -0.39 is 10.0 Å². The zero-order chi connectivity index (χ0) is 15.6. The van der Waals surface area contributed by atoms with Gasteiger partial charge < -0.3 is 4.52 Å². The van der Waals surface area contributed by atoms with Crippen molar-refractivity contribution in [2.75, 3.05) is 6.54 Å². The van der Waals surface area contributed by atoms with Crippen molar-refractivity contribution >= 4 is 10.0 Å². The molecular weight excluding hydrogens is 302 g/mol. The molecule has 0 amide bonds. The summed E-state index contributed by atoms with van der Waals surface area (Å²) in [5.41, 5.74) is 0. The van der Waals surface area contributed by atoms with Gasteiger partial charge in [0.2, 0.25) is 15.9 Å². The molecule has 1 aliphatic heterocycles. The van der Waals surface area contributed by atoms with Crippen molar-refractivity contribution in [3.63, 3.8) is 0 Å². The summed E-state index contributed by atoms with van der Waals surface area (Å²) in [7, 11) is -3.55. The van der Waals surface area contributed by atoms with Gasteiger partial charge in [-0.1, -0.05) is 36.7 Å². The van der Waals surface area contributed by atoms with Crippen LogP contribution in [0.2, 0.25) is 0 Å². The molecule has 3 rings (SSSR count). The lowest BCUT2D eigenvalue weighted by atomic mass is 10.1. The predicted octanol–water partition coefficient (Wildman–Crippen LogP) is 2.55. The van der Waals surface area contributed by atoms with Gasteiger partial charge in [0.1, 0.15) is 6.04 Å². The van der Waals surface area contributed by atoms with E-state index in [2.05, 4.69) is 10.1 Å². The van der Waals surface area contributed by atoms with Crippen molar-refractivity contribution in [3.8, 4) is 0 Å². The standard InChI is InChI=1S/C15H19N3O3S/c1-2-14-16-15(21-17-14)13-10-6-7-11-18(13)22(19,20)12-8-4-3-5-9-12/h3-5,8-9,13H,2,6-7,10-11H2,1H3/t13-/m1/s1. The highest BCUT2D eigenvalue weighted by Crippen LogP contribution is 2.34. The van der Waals surface area contributed by atoms with Crippen molar-refractivity contribution in [1.29, 1.82) is 0 Å². The molecule has 0 saturated carbocycles. The molecule has 1 saturated heterocycles. The van der Waals surface area contributed by atoms with E-state index in [1.165, 1.54) is 4.31 Å². The van der Waals surface area contributed by atoms with Gasteiger partial charge in [0, 0.05) is 13.0 Å². The zero-order valence-corrected chi connectivity index (χ0v) is 13.3. The third kappa shape index (κ3) is 2.78. The molecule has 1 fully saturated rings. The van der Waals surface area contributed by atoms with Crippen LogP contribution in [0.3, 0.4) is 0 Å². The number of aromatic nitrogens is 2. The molecular formula is C15H19N3O3S. The lowest BCUT2D eigenvalue weighted by Gasteiger charge is -2.32. The molecule has 1 aliphatic rings. The fraction of sp³-hybridized carbons (Fsp3) is 0.467. The van der Waals surface area contributed by atoms with Gasteiger partial charge in [-0.2, -0.15) is 9.29 Å². The number of nitrogens with zero attached hydrogens (tertiary/aromatic N) is 3.